The van der Waals surface area contributed by atoms with Gasteiger partial charge in [-0.05, 0) is 63.2 Å². The molecule has 1 aromatic carbocycles. The van der Waals surface area contributed by atoms with E-state index >= 15 is 0 Å². The molecular formula is C17H23N3S. The minimum Gasteiger partial charge on any atom is -0.310 e. The van der Waals surface area contributed by atoms with Crippen LogP contribution in [0, 0.1) is 13.8 Å². The first-order valence-corrected chi connectivity index (χ1v) is 8.24. The first kappa shape index (κ1) is 16.0. The summed E-state index contributed by atoms with van der Waals surface area (Å²) in [7, 11) is 0. The molecule has 0 fully saturated rings. The number of nitrogens with zero attached hydrogens (tertiary/aromatic N) is 2. The molecule has 1 unspecified atom stereocenters. The van der Waals surface area contributed by atoms with Gasteiger partial charge in [0.15, 0.2) is 5.16 Å². The normalized spacial score (nSPS) is 12.4. The van der Waals surface area contributed by atoms with Crippen LogP contribution >= 0.6 is 11.8 Å². The zero-order chi connectivity index (χ0) is 15.2. The fraction of sp³-hybridized carbons (Fsp3) is 0.412. The Kier molecular flexibility index (Phi) is 5.76. The molecule has 0 aliphatic heterocycles. The van der Waals surface area contributed by atoms with E-state index in [4.69, 9.17) is 0 Å². The number of aryl methyl sites for hydroxylation is 2. The van der Waals surface area contributed by atoms with Crippen molar-refractivity contribution in [3.05, 3.63) is 47.3 Å². The number of nitrogens with one attached hydrogen (secondary N) is 1. The summed E-state index contributed by atoms with van der Waals surface area (Å²) in [6.07, 6.45) is 1.14. The molecule has 4 heteroatoms. The minimum absolute atomic E-state index is 0.333. The maximum atomic E-state index is 4.52. The molecule has 1 aromatic heterocycles. The molecule has 0 bridgehead atoms. The molecular weight excluding hydrogens is 278 g/mol. The fourth-order valence-electron chi connectivity index (χ4n) is 2.24. The average molecular weight is 301 g/mol. The van der Waals surface area contributed by atoms with Gasteiger partial charge in [0.2, 0.25) is 0 Å². The van der Waals surface area contributed by atoms with Crippen LogP contribution in [0.1, 0.15) is 43.3 Å². The number of aromatic nitrogens is 2. The third-order valence-electron chi connectivity index (χ3n) is 3.25. The molecule has 1 heterocycles. The lowest BCUT2D eigenvalue weighted by molar-refractivity contribution is 0.564. The minimum atomic E-state index is 0.333. The third kappa shape index (κ3) is 4.55. The van der Waals surface area contributed by atoms with Crippen molar-refractivity contribution in [3.8, 4) is 0 Å². The Morgan fingerprint density at radius 2 is 1.81 bits per heavy atom. The quantitative estimate of drug-likeness (QED) is 0.807. The van der Waals surface area contributed by atoms with Crippen molar-refractivity contribution in [2.24, 2.45) is 0 Å². The van der Waals surface area contributed by atoms with Crippen molar-refractivity contribution in [1.82, 2.24) is 15.3 Å². The number of hydrogen-bond acceptors (Lipinski definition) is 4. The summed E-state index contributed by atoms with van der Waals surface area (Å²) in [5.41, 5.74) is 3.33. The Hall–Kier alpha value is -1.39. The van der Waals surface area contributed by atoms with Crippen molar-refractivity contribution in [2.75, 3.05) is 6.54 Å². The second kappa shape index (κ2) is 7.57. The first-order valence-electron chi connectivity index (χ1n) is 7.42. The Morgan fingerprint density at radius 3 is 2.48 bits per heavy atom. The summed E-state index contributed by atoms with van der Waals surface area (Å²) in [6, 6.07) is 10.8. The number of rotatable bonds is 6. The molecule has 1 N–H and O–H groups in total. The lowest BCUT2D eigenvalue weighted by atomic mass is 10.1. The van der Waals surface area contributed by atoms with Gasteiger partial charge in [0.25, 0.3) is 0 Å². The van der Waals surface area contributed by atoms with E-state index in [0.717, 1.165) is 29.5 Å². The molecule has 0 aliphatic carbocycles. The van der Waals surface area contributed by atoms with Crippen molar-refractivity contribution < 1.29 is 0 Å². The second-order valence-corrected chi connectivity index (χ2v) is 6.26. The van der Waals surface area contributed by atoms with E-state index in [2.05, 4.69) is 53.4 Å². The van der Waals surface area contributed by atoms with Gasteiger partial charge in [-0.1, -0.05) is 25.1 Å². The van der Waals surface area contributed by atoms with Crippen LogP contribution in [-0.2, 0) is 0 Å². The topological polar surface area (TPSA) is 37.8 Å². The van der Waals surface area contributed by atoms with Crippen molar-refractivity contribution in [3.63, 3.8) is 0 Å². The Balaban J connectivity index is 2.23. The van der Waals surface area contributed by atoms with Crippen LogP contribution in [0.25, 0.3) is 0 Å². The monoisotopic (exact) mass is 301 g/mol. The molecule has 112 valence electrons. The molecule has 0 spiro atoms. The highest BCUT2D eigenvalue weighted by atomic mass is 32.2. The van der Waals surface area contributed by atoms with Gasteiger partial charge in [0.05, 0.1) is 0 Å². The van der Waals surface area contributed by atoms with Crippen molar-refractivity contribution >= 4 is 11.8 Å². The molecule has 0 radical (unpaired) electrons. The van der Waals surface area contributed by atoms with E-state index in [1.165, 1.54) is 10.5 Å². The van der Waals surface area contributed by atoms with Gasteiger partial charge in [-0.3, -0.25) is 0 Å². The van der Waals surface area contributed by atoms with E-state index < -0.39 is 0 Å². The lowest BCUT2D eigenvalue weighted by Gasteiger charge is -2.17. The smallest absolute Gasteiger partial charge is 0.192 e. The Bertz CT molecular complexity index is 578. The molecule has 0 saturated heterocycles. The van der Waals surface area contributed by atoms with Gasteiger partial charge >= 0.3 is 0 Å². The first-order chi connectivity index (χ1) is 10.1. The SMILES string of the molecule is CCCNC(C)c1ccccc1Sc1nc(C)cc(C)n1. The number of hydrogen-bond donors (Lipinski definition) is 1. The summed E-state index contributed by atoms with van der Waals surface area (Å²) in [6.45, 7) is 9.44. The summed E-state index contributed by atoms with van der Waals surface area (Å²) in [4.78, 5) is 10.3. The van der Waals surface area contributed by atoms with Gasteiger partial charge in [0.1, 0.15) is 0 Å². The van der Waals surface area contributed by atoms with Crippen LogP contribution in [0.3, 0.4) is 0 Å². The van der Waals surface area contributed by atoms with Crippen LogP contribution in [-0.4, -0.2) is 16.5 Å². The van der Waals surface area contributed by atoms with Crippen LogP contribution in [0.5, 0.6) is 0 Å². The molecule has 1 atom stereocenters. The van der Waals surface area contributed by atoms with E-state index in [0.29, 0.717) is 6.04 Å². The van der Waals surface area contributed by atoms with E-state index in [-0.39, 0.29) is 0 Å². The van der Waals surface area contributed by atoms with E-state index in [9.17, 15) is 0 Å². The molecule has 21 heavy (non-hydrogen) atoms. The van der Waals surface area contributed by atoms with Crippen LogP contribution in [0.2, 0.25) is 0 Å². The lowest BCUT2D eigenvalue weighted by Crippen LogP contribution is -2.19. The maximum absolute atomic E-state index is 4.52. The average Bonchev–Trinajstić information content (AvgIpc) is 2.44. The fourth-order valence-corrected chi connectivity index (χ4v) is 3.32. The van der Waals surface area contributed by atoms with Gasteiger partial charge < -0.3 is 5.32 Å². The predicted octanol–water partition coefficient (Wildman–Crippen LogP) is 4.31. The second-order valence-electron chi connectivity index (χ2n) is 5.25. The molecule has 0 aliphatic rings. The molecule has 0 amide bonds. The van der Waals surface area contributed by atoms with E-state index in [1.54, 1.807) is 11.8 Å². The number of benzene rings is 1. The Morgan fingerprint density at radius 1 is 1.14 bits per heavy atom. The van der Waals surface area contributed by atoms with Gasteiger partial charge in [-0.15, -0.1) is 0 Å². The van der Waals surface area contributed by atoms with Crippen molar-refractivity contribution in [2.45, 2.75) is 50.2 Å². The van der Waals surface area contributed by atoms with Gasteiger partial charge in [0, 0.05) is 22.3 Å². The highest BCUT2D eigenvalue weighted by molar-refractivity contribution is 7.99. The van der Waals surface area contributed by atoms with Crippen LogP contribution in [0.4, 0.5) is 0 Å². The Labute approximate surface area is 131 Å². The molecule has 0 saturated carbocycles. The molecule has 2 aromatic rings. The van der Waals surface area contributed by atoms with Crippen LogP contribution < -0.4 is 5.32 Å². The van der Waals surface area contributed by atoms with Crippen molar-refractivity contribution in [1.29, 1.82) is 0 Å². The van der Waals surface area contributed by atoms with Gasteiger partial charge in [-0.2, -0.15) is 0 Å². The standard InChI is InChI=1S/C17H23N3S/c1-5-10-18-14(4)15-8-6-7-9-16(15)21-17-19-12(2)11-13(3)20-17/h6-9,11,14,18H,5,10H2,1-4H3. The maximum Gasteiger partial charge on any atom is 0.192 e. The van der Waals surface area contributed by atoms with E-state index in [1.807, 2.05) is 19.9 Å². The summed E-state index contributed by atoms with van der Waals surface area (Å²) in [5, 5.41) is 4.37. The highest BCUT2D eigenvalue weighted by Crippen LogP contribution is 2.31. The molecule has 2 rings (SSSR count). The third-order valence-corrected chi connectivity index (χ3v) is 4.21. The van der Waals surface area contributed by atoms with Crippen LogP contribution in [0.15, 0.2) is 40.4 Å². The summed E-state index contributed by atoms with van der Waals surface area (Å²) in [5.74, 6) is 0. The van der Waals surface area contributed by atoms with Gasteiger partial charge in [-0.25, -0.2) is 9.97 Å². The molecule has 3 nitrogen and oxygen atoms in total. The highest BCUT2D eigenvalue weighted by Gasteiger charge is 2.12. The zero-order valence-electron chi connectivity index (χ0n) is 13.2. The summed E-state index contributed by atoms with van der Waals surface area (Å²) < 4.78 is 0. The predicted molar refractivity (Wildman–Crippen MR) is 88.8 cm³/mol. The zero-order valence-corrected chi connectivity index (χ0v) is 14.0. The largest absolute Gasteiger partial charge is 0.310 e. The summed E-state index contributed by atoms with van der Waals surface area (Å²) >= 11 is 1.64.